The molecule has 0 fully saturated rings. The summed E-state index contributed by atoms with van der Waals surface area (Å²) in [5.74, 6) is 0.246. The van der Waals surface area contributed by atoms with Crippen LogP contribution in [0.2, 0.25) is 5.02 Å². The third kappa shape index (κ3) is 2.93. The first kappa shape index (κ1) is 16.3. The van der Waals surface area contributed by atoms with Crippen LogP contribution < -0.4 is 10.6 Å². The fourth-order valence-corrected chi connectivity index (χ4v) is 3.21. The smallest absolute Gasteiger partial charge is 0.255 e. The van der Waals surface area contributed by atoms with E-state index in [1.54, 1.807) is 10.7 Å². The number of nitrogens with zero attached hydrogens (tertiary/aromatic N) is 4. The van der Waals surface area contributed by atoms with Crippen molar-refractivity contribution in [2.75, 3.05) is 10.6 Å². The molecule has 0 saturated carbocycles. The van der Waals surface area contributed by atoms with Gasteiger partial charge in [0.25, 0.3) is 5.91 Å². The molecule has 2 heterocycles. The number of nitrogens with one attached hydrogen (secondary N) is 2. The van der Waals surface area contributed by atoms with Crippen LogP contribution in [0.15, 0.2) is 65.9 Å². The van der Waals surface area contributed by atoms with Gasteiger partial charge in [0, 0.05) is 16.4 Å². The Balaban J connectivity index is 1.78. The minimum Gasteiger partial charge on any atom is -0.326 e. The molecule has 0 spiro atoms. The number of aromatic nitrogens is 4. The molecule has 130 valence electrons. The molecule has 1 unspecified atom stereocenters. The maximum atomic E-state index is 13.1. The molecule has 2 aromatic carbocycles. The number of anilines is 2. The second-order valence-corrected chi connectivity index (χ2v) is 6.32. The van der Waals surface area contributed by atoms with Crippen molar-refractivity contribution in [3.8, 4) is 0 Å². The molecule has 3 aromatic rings. The van der Waals surface area contributed by atoms with Crippen molar-refractivity contribution in [2.24, 2.45) is 0 Å². The van der Waals surface area contributed by atoms with Gasteiger partial charge < -0.3 is 10.6 Å². The average Bonchev–Trinajstić information content (AvgIpc) is 3.09. The lowest BCUT2D eigenvalue weighted by Gasteiger charge is -2.28. The van der Waals surface area contributed by atoms with Gasteiger partial charge in [-0.25, -0.2) is 0 Å². The van der Waals surface area contributed by atoms with Crippen molar-refractivity contribution < 1.29 is 4.79 Å². The van der Waals surface area contributed by atoms with Crippen LogP contribution in [0.4, 0.5) is 11.6 Å². The van der Waals surface area contributed by atoms with Crippen LogP contribution in [0.3, 0.4) is 0 Å². The van der Waals surface area contributed by atoms with Gasteiger partial charge in [-0.15, -0.1) is 0 Å². The molecule has 0 radical (unpaired) electrons. The first-order chi connectivity index (χ1) is 12.6. The second-order valence-electron chi connectivity index (χ2n) is 5.89. The lowest BCUT2D eigenvalue weighted by atomic mass is 9.95. The predicted molar refractivity (Wildman–Crippen MR) is 98.8 cm³/mol. The van der Waals surface area contributed by atoms with Crippen LogP contribution in [0.25, 0.3) is 0 Å². The van der Waals surface area contributed by atoms with Crippen molar-refractivity contribution in [2.45, 2.75) is 13.0 Å². The van der Waals surface area contributed by atoms with Gasteiger partial charge in [0.1, 0.15) is 6.04 Å². The van der Waals surface area contributed by atoms with Crippen molar-refractivity contribution in [1.82, 2.24) is 20.2 Å². The van der Waals surface area contributed by atoms with Crippen molar-refractivity contribution in [1.29, 1.82) is 0 Å². The van der Waals surface area contributed by atoms with E-state index in [1.807, 2.05) is 55.5 Å². The van der Waals surface area contributed by atoms with Gasteiger partial charge in [-0.05, 0) is 47.2 Å². The molecule has 1 aliphatic rings. The minimum absolute atomic E-state index is 0.229. The van der Waals surface area contributed by atoms with Gasteiger partial charge in [-0.3, -0.25) is 4.79 Å². The van der Waals surface area contributed by atoms with Gasteiger partial charge in [0.2, 0.25) is 5.95 Å². The number of benzene rings is 2. The average molecular weight is 367 g/mol. The van der Waals surface area contributed by atoms with Crippen molar-refractivity contribution in [3.63, 3.8) is 0 Å². The van der Waals surface area contributed by atoms with Gasteiger partial charge in [0.05, 0.1) is 5.57 Å². The first-order valence-electron chi connectivity index (χ1n) is 8.01. The Hall–Kier alpha value is -3.19. The quantitative estimate of drug-likeness (QED) is 0.743. The lowest BCUT2D eigenvalue weighted by Crippen LogP contribution is -2.31. The third-order valence-corrected chi connectivity index (χ3v) is 4.39. The number of tetrazole rings is 1. The molecule has 1 aromatic heterocycles. The summed E-state index contributed by atoms with van der Waals surface area (Å²) in [4.78, 5) is 13.1. The molecule has 26 heavy (non-hydrogen) atoms. The number of halogens is 1. The minimum atomic E-state index is -0.483. The van der Waals surface area contributed by atoms with E-state index in [4.69, 9.17) is 11.6 Å². The largest absolute Gasteiger partial charge is 0.326 e. The molecule has 0 aliphatic carbocycles. The SMILES string of the molecule is CC1=C(C(=O)Nc2ccccc2)C(c2cccc(Cl)c2)n2nnnc2N1. The van der Waals surface area contributed by atoms with E-state index in [0.29, 0.717) is 27.9 Å². The highest BCUT2D eigenvalue weighted by Crippen LogP contribution is 2.35. The van der Waals surface area contributed by atoms with E-state index in [1.165, 1.54) is 0 Å². The number of amides is 1. The third-order valence-electron chi connectivity index (χ3n) is 4.15. The van der Waals surface area contributed by atoms with E-state index in [9.17, 15) is 4.79 Å². The fraction of sp³-hybridized carbons (Fsp3) is 0.111. The van der Waals surface area contributed by atoms with Crippen LogP contribution >= 0.6 is 11.6 Å². The first-order valence-corrected chi connectivity index (χ1v) is 8.39. The van der Waals surface area contributed by atoms with Gasteiger partial charge in [-0.2, -0.15) is 4.68 Å². The van der Waals surface area contributed by atoms with E-state index < -0.39 is 6.04 Å². The molecular formula is C18H15ClN6O. The number of fused-ring (bicyclic) bond motifs is 1. The van der Waals surface area contributed by atoms with Gasteiger partial charge in [0.15, 0.2) is 0 Å². The molecular weight excluding hydrogens is 352 g/mol. The highest BCUT2D eigenvalue weighted by molar-refractivity contribution is 6.30. The lowest BCUT2D eigenvalue weighted by molar-refractivity contribution is -0.113. The number of hydrogen-bond acceptors (Lipinski definition) is 5. The zero-order valence-corrected chi connectivity index (χ0v) is 14.6. The molecule has 7 nitrogen and oxygen atoms in total. The monoisotopic (exact) mass is 366 g/mol. The summed E-state index contributed by atoms with van der Waals surface area (Å²) in [6, 6.07) is 16.1. The molecule has 8 heteroatoms. The normalized spacial score (nSPS) is 16.0. The summed E-state index contributed by atoms with van der Waals surface area (Å²) in [5.41, 5.74) is 2.75. The second kappa shape index (κ2) is 6.61. The Kier molecular flexibility index (Phi) is 4.14. The Bertz CT molecular complexity index is 998. The maximum absolute atomic E-state index is 13.1. The van der Waals surface area contributed by atoms with Crippen LogP contribution in [-0.4, -0.2) is 26.1 Å². The Morgan fingerprint density at radius 2 is 2.00 bits per heavy atom. The van der Waals surface area contributed by atoms with E-state index in [-0.39, 0.29) is 5.91 Å². The molecule has 2 N–H and O–H groups in total. The number of rotatable bonds is 3. The molecule has 1 atom stereocenters. The van der Waals surface area contributed by atoms with Gasteiger partial charge >= 0.3 is 0 Å². The summed E-state index contributed by atoms with van der Waals surface area (Å²) >= 11 is 6.17. The summed E-state index contributed by atoms with van der Waals surface area (Å²) in [5, 5.41) is 18.3. The van der Waals surface area contributed by atoms with Crippen molar-refractivity contribution >= 4 is 29.1 Å². The van der Waals surface area contributed by atoms with Crippen LogP contribution in [-0.2, 0) is 4.79 Å². The zero-order valence-electron chi connectivity index (χ0n) is 13.8. The highest BCUT2D eigenvalue weighted by atomic mass is 35.5. The maximum Gasteiger partial charge on any atom is 0.255 e. The van der Waals surface area contributed by atoms with Gasteiger partial charge in [-0.1, -0.05) is 47.0 Å². The molecule has 0 bridgehead atoms. The standard InChI is InChI=1S/C18H15ClN6O/c1-11-15(17(26)21-14-8-3-2-4-9-14)16(12-6-5-7-13(19)10-12)25-18(20-11)22-23-24-25/h2-10,16H,1H3,(H,21,26)(H,20,22,24). The Morgan fingerprint density at radius 3 is 2.77 bits per heavy atom. The summed E-state index contributed by atoms with van der Waals surface area (Å²) in [6.07, 6.45) is 0. The number of para-hydroxylation sites is 1. The van der Waals surface area contributed by atoms with E-state index >= 15 is 0 Å². The number of allylic oxidation sites excluding steroid dienone is 1. The fourth-order valence-electron chi connectivity index (χ4n) is 3.01. The molecule has 4 rings (SSSR count). The van der Waals surface area contributed by atoms with E-state index in [0.717, 1.165) is 5.56 Å². The molecule has 0 saturated heterocycles. The van der Waals surface area contributed by atoms with E-state index in [2.05, 4.69) is 26.2 Å². The summed E-state index contributed by atoms with van der Waals surface area (Å²) in [6.45, 7) is 1.83. The topological polar surface area (TPSA) is 84.7 Å². The molecule has 1 aliphatic heterocycles. The summed E-state index contributed by atoms with van der Waals surface area (Å²) < 4.78 is 1.58. The van der Waals surface area contributed by atoms with Crippen LogP contribution in [0, 0.1) is 0 Å². The number of carbonyl (C=O) groups is 1. The summed E-state index contributed by atoms with van der Waals surface area (Å²) in [7, 11) is 0. The predicted octanol–water partition coefficient (Wildman–Crippen LogP) is 3.25. The molecule has 1 amide bonds. The number of hydrogen-bond donors (Lipinski definition) is 2. The van der Waals surface area contributed by atoms with Crippen molar-refractivity contribution in [3.05, 3.63) is 76.5 Å². The van der Waals surface area contributed by atoms with Crippen LogP contribution in [0.1, 0.15) is 18.5 Å². The number of carbonyl (C=O) groups excluding carboxylic acids is 1. The highest BCUT2D eigenvalue weighted by Gasteiger charge is 2.34. The Morgan fingerprint density at radius 1 is 1.19 bits per heavy atom. The Labute approximate surface area is 154 Å². The zero-order chi connectivity index (χ0) is 18.1. The van der Waals surface area contributed by atoms with Crippen LogP contribution in [0.5, 0.6) is 0 Å².